The van der Waals surface area contributed by atoms with Crippen LogP contribution in [-0.4, -0.2) is 0 Å². The quantitative estimate of drug-likeness (QED) is 0.172. The molecular formula is C54H43N. The monoisotopic (exact) mass is 705 g/mol. The summed E-state index contributed by atoms with van der Waals surface area (Å²) >= 11 is 0. The Labute approximate surface area is 323 Å². The first-order valence-electron chi connectivity index (χ1n) is 20.4. The van der Waals surface area contributed by atoms with Crippen LogP contribution in [0.5, 0.6) is 0 Å². The van der Waals surface area contributed by atoms with Crippen LogP contribution in [0.1, 0.15) is 43.2 Å². The van der Waals surface area contributed by atoms with Gasteiger partial charge in [-0.15, -0.1) is 0 Å². The van der Waals surface area contributed by atoms with E-state index in [0.717, 1.165) is 40.7 Å². The van der Waals surface area contributed by atoms with Crippen LogP contribution in [0.25, 0.3) is 54.9 Å². The van der Waals surface area contributed by atoms with Gasteiger partial charge in [0.15, 0.2) is 0 Å². The maximum atomic E-state index is 2.54. The van der Waals surface area contributed by atoms with Crippen molar-refractivity contribution in [3.63, 3.8) is 0 Å². The summed E-state index contributed by atoms with van der Waals surface area (Å²) in [7, 11) is 0. The van der Waals surface area contributed by atoms with Crippen molar-refractivity contribution < 1.29 is 0 Å². The van der Waals surface area contributed by atoms with E-state index in [1.54, 1.807) is 11.1 Å². The first kappa shape index (κ1) is 31.4. The van der Waals surface area contributed by atoms with Gasteiger partial charge in [-0.25, -0.2) is 0 Å². The number of hydrogen-bond acceptors (Lipinski definition) is 1. The smallest absolute Gasteiger partial charge is 0.0468 e. The van der Waals surface area contributed by atoms with Crippen LogP contribution in [0.2, 0.25) is 0 Å². The standard InChI is InChI=1S/C54H43N/c1-2-10-41-33-47(26-18-37(41)8-1)55(46-24-19-40(20-25-46)49-14-7-11-39-9-3-4-12-48(39)49)45-22-16-38(17-23-45)42-21-27-53-51(34-42)50-13-5-6-15-52(50)54(53)43-29-35-28-36(31-43)32-44(54)30-35/h1-27,33-36,43-44H,28-32H2. The van der Waals surface area contributed by atoms with Gasteiger partial charge in [0.05, 0.1) is 0 Å². The molecule has 0 unspecified atom stereocenters. The molecule has 0 atom stereocenters. The van der Waals surface area contributed by atoms with Crippen molar-refractivity contribution in [1.82, 2.24) is 0 Å². The molecular weight excluding hydrogens is 663 g/mol. The average molecular weight is 706 g/mol. The minimum atomic E-state index is 0.214. The second-order valence-corrected chi connectivity index (χ2v) is 17.0. The number of rotatable bonds is 5. The molecule has 1 heteroatoms. The Kier molecular flexibility index (Phi) is 6.88. The van der Waals surface area contributed by atoms with Crippen LogP contribution in [0.4, 0.5) is 17.1 Å². The second-order valence-electron chi connectivity index (χ2n) is 17.0. The topological polar surface area (TPSA) is 3.24 Å². The van der Waals surface area contributed by atoms with Crippen molar-refractivity contribution in [3.8, 4) is 33.4 Å². The maximum absolute atomic E-state index is 2.54. The molecule has 0 heterocycles. The summed E-state index contributed by atoms with van der Waals surface area (Å²) in [4.78, 5) is 2.40. The third kappa shape index (κ3) is 4.72. The lowest BCUT2D eigenvalue weighted by Crippen LogP contribution is -2.55. The molecule has 8 aromatic carbocycles. The molecule has 0 radical (unpaired) electrons. The van der Waals surface area contributed by atoms with Crippen molar-refractivity contribution in [1.29, 1.82) is 0 Å². The average Bonchev–Trinajstić information content (AvgIpc) is 3.53. The summed E-state index contributed by atoms with van der Waals surface area (Å²) in [5, 5.41) is 5.04. The van der Waals surface area contributed by atoms with Gasteiger partial charge in [0.1, 0.15) is 0 Å². The molecule has 264 valence electrons. The number of fused-ring (bicyclic) bond motifs is 5. The van der Waals surface area contributed by atoms with E-state index < -0.39 is 0 Å². The Morgan fingerprint density at radius 1 is 0.364 bits per heavy atom. The molecule has 4 bridgehead atoms. The number of benzene rings is 8. The highest BCUT2D eigenvalue weighted by Crippen LogP contribution is 2.69. The Morgan fingerprint density at radius 3 is 1.69 bits per heavy atom. The van der Waals surface area contributed by atoms with E-state index in [1.165, 1.54) is 87.0 Å². The number of hydrogen-bond donors (Lipinski definition) is 0. The summed E-state index contributed by atoms with van der Waals surface area (Å²) in [6.45, 7) is 0. The lowest BCUT2D eigenvalue weighted by molar-refractivity contribution is -0.0399. The van der Waals surface area contributed by atoms with E-state index in [0.29, 0.717) is 0 Å². The fourth-order valence-corrected chi connectivity index (χ4v) is 12.2. The van der Waals surface area contributed by atoms with Gasteiger partial charge in [-0.3, -0.25) is 0 Å². The summed E-state index contributed by atoms with van der Waals surface area (Å²) < 4.78 is 0. The zero-order chi connectivity index (χ0) is 36.1. The van der Waals surface area contributed by atoms with Crippen LogP contribution in [0.15, 0.2) is 176 Å². The van der Waals surface area contributed by atoms with E-state index in [-0.39, 0.29) is 5.41 Å². The van der Waals surface area contributed by atoms with E-state index in [4.69, 9.17) is 0 Å². The summed E-state index contributed by atoms with van der Waals surface area (Å²) in [6, 6.07) is 66.1. The molecule has 8 aromatic rings. The molecule has 0 saturated heterocycles. The lowest BCUT2D eigenvalue weighted by Gasteiger charge is -2.61. The largest absolute Gasteiger partial charge is 0.310 e. The highest BCUT2D eigenvalue weighted by Gasteiger charge is 2.61. The third-order valence-electron chi connectivity index (χ3n) is 14.2. The fourth-order valence-electron chi connectivity index (χ4n) is 12.2. The SMILES string of the molecule is c1ccc2c(c1)-c1cc(-c3ccc(N(c4ccc(-c5cccc6ccccc56)cc4)c4ccc5ccccc5c4)cc3)ccc1C21C2CC3CC(C2)CC1C3. The minimum Gasteiger partial charge on any atom is -0.310 e. The van der Waals surface area contributed by atoms with Crippen molar-refractivity contribution in [2.75, 3.05) is 4.90 Å². The van der Waals surface area contributed by atoms with Gasteiger partial charge in [-0.1, -0.05) is 133 Å². The molecule has 55 heavy (non-hydrogen) atoms. The van der Waals surface area contributed by atoms with Gasteiger partial charge in [0.2, 0.25) is 0 Å². The Balaban J connectivity index is 0.931. The van der Waals surface area contributed by atoms with Crippen LogP contribution in [0.3, 0.4) is 0 Å². The number of anilines is 3. The fraction of sp³-hybridized carbons (Fsp3) is 0.185. The molecule has 0 amide bonds. The van der Waals surface area contributed by atoms with Gasteiger partial charge in [0.25, 0.3) is 0 Å². The highest BCUT2D eigenvalue weighted by molar-refractivity contribution is 5.97. The van der Waals surface area contributed by atoms with Crippen LogP contribution in [0, 0.1) is 23.7 Å². The molecule has 0 aliphatic heterocycles. The summed E-state index contributed by atoms with van der Waals surface area (Å²) in [6.07, 6.45) is 7.17. The van der Waals surface area contributed by atoms with E-state index in [9.17, 15) is 0 Å². The zero-order valence-electron chi connectivity index (χ0n) is 31.0. The zero-order valence-corrected chi connectivity index (χ0v) is 31.0. The molecule has 13 rings (SSSR count). The van der Waals surface area contributed by atoms with Crippen LogP contribution < -0.4 is 4.90 Å². The normalized spacial score (nSPS) is 23.0. The van der Waals surface area contributed by atoms with Gasteiger partial charge >= 0.3 is 0 Å². The molecule has 0 N–H and O–H groups in total. The minimum absolute atomic E-state index is 0.214. The van der Waals surface area contributed by atoms with Gasteiger partial charge < -0.3 is 4.90 Å². The van der Waals surface area contributed by atoms with E-state index in [2.05, 4.69) is 181 Å². The van der Waals surface area contributed by atoms with Crippen LogP contribution in [-0.2, 0) is 5.41 Å². The Hall–Kier alpha value is -5.92. The van der Waals surface area contributed by atoms with Crippen molar-refractivity contribution >= 4 is 38.6 Å². The molecule has 4 saturated carbocycles. The number of nitrogens with zero attached hydrogens (tertiary/aromatic N) is 1. The predicted octanol–water partition coefficient (Wildman–Crippen LogP) is 14.5. The summed E-state index contributed by atoms with van der Waals surface area (Å²) in [5.74, 6) is 3.49. The van der Waals surface area contributed by atoms with Crippen molar-refractivity contribution in [2.45, 2.75) is 37.5 Å². The Morgan fingerprint density at radius 2 is 0.927 bits per heavy atom. The van der Waals surface area contributed by atoms with Gasteiger partial charge in [0, 0.05) is 22.5 Å². The van der Waals surface area contributed by atoms with E-state index >= 15 is 0 Å². The molecule has 5 aliphatic rings. The third-order valence-corrected chi connectivity index (χ3v) is 14.2. The molecule has 1 spiro atoms. The Bertz CT molecular complexity index is 2740. The predicted molar refractivity (Wildman–Crippen MR) is 230 cm³/mol. The van der Waals surface area contributed by atoms with E-state index in [1.807, 2.05) is 0 Å². The molecule has 0 aromatic heterocycles. The maximum Gasteiger partial charge on any atom is 0.0468 e. The molecule has 1 nitrogen and oxygen atoms in total. The summed E-state index contributed by atoms with van der Waals surface area (Å²) in [5.41, 5.74) is 14.9. The van der Waals surface area contributed by atoms with Gasteiger partial charge in [-0.2, -0.15) is 0 Å². The lowest BCUT2D eigenvalue weighted by atomic mass is 9.43. The van der Waals surface area contributed by atoms with Crippen molar-refractivity contribution in [2.24, 2.45) is 23.7 Å². The first-order chi connectivity index (χ1) is 27.2. The van der Waals surface area contributed by atoms with Crippen LogP contribution >= 0.6 is 0 Å². The molecule has 4 fully saturated rings. The molecule has 5 aliphatic carbocycles. The van der Waals surface area contributed by atoms with Crippen molar-refractivity contribution in [3.05, 3.63) is 187 Å². The first-order valence-corrected chi connectivity index (χ1v) is 20.4. The second kappa shape index (κ2) is 12.0. The van der Waals surface area contributed by atoms with Gasteiger partial charge in [-0.05, 0) is 164 Å². The highest BCUT2D eigenvalue weighted by atomic mass is 15.1.